The number of aromatic nitrogens is 5. The Labute approximate surface area is 223 Å². The highest BCUT2D eigenvalue weighted by Crippen LogP contribution is 2.34. The van der Waals surface area contributed by atoms with Gasteiger partial charge in [0.1, 0.15) is 22.2 Å². The monoisotopic (exact) mass is 563 g/mol. The molecule has 4 aromatic rings. The van der Waals surface area contributed by atoms with Crippen LogP contribution >= 0.6 is 11.6 Å². The average molecular weight is 564 g/mol. The molecule has 1 aliphatic rings. The van der Waals surface area contributed by atoms with Gasteiger partial charge in [0.2, 0.25) is 0 Å². The fourth-order valence-electron chi connectivity index (χ4n) is 5.01. The van der Waals surface area contributed by atoms with Crippen LogP contribution in [0.2, 0.25) is 5.02 Å². The lowest BCUT2D eigenvalue weighted by atomic mass is 9.85. The van der Waals surface area contributed by atoms with Crippen molar-refractivity contribution in [2.45, 2.75) is 44.4 Å². The number of alkyl halides is 3. The maximum Gasteiger partial charge on any atom is 0.423 e. The van der Waals surface area contributed by atoms with E-state index in [9.17, 15) is 27.2 Å². The highest BCUT2D eigenvalue weighted by molar-refractivity contribution is 6.32. The van der Waals surface area contributed by atoms with Gasteiger partial charge in [-0.05, 0) is 48.8 Å². The second-order valence-electron chi connectivity index (χ2n) is 9.48. The summed E-state index contributed by atoms with van der Waals surface area (Å²) in [5, 5.41) is 8.92. The lowest BCUT2D eigenvalue weighted by molar-refractivity contribution is -0.138. The van der Waals surface area contributed by atoms with E-state index in [1.807, 2.05) is 5.10 Å². The second kappa shape index (κ2) is 10.3. The van der Waals surface area contributed by atoms with E-state index < -0.39 is 28.7 Å². The van der Waals surface area contributed by atoms with Crippen LogP contribution in [0.5, 0.6) is 0 Å². The summed E-state index contributed by atoms with van der Waals surface area (Å²) in [5.41, 5.74) is 2.36. The number of fused-ring (bicyclic) bond motifs is 1. The van der Waals surface area contributed by atoms with Crippen LogP contribution in [0.15, 0.2) is 46.4 Å². The Morgan fingerprint density at radius 2 is 2.00 bits per heavy atom. The molecule has 39 heavy (non-hydrogen) atoms. The van der Waals surface area contributed by atoms with Gasteiger partial charge in [0, 0.05) is 18.8 Å². The number of anilines is 2. The van der Waals surface area contributed by atoms with Crippen LogP contribution < -0.4 is 22.2 Å². The molecular formula is C25H22ClF4N7O2. The van der Waals surface area contributed by atoms with Gasteiger partial charge in [0.05, 0.1) is 29.0 Å². The Kier molecular flexibility index (Phi) is 7.02. The number of nitrogens with two attached hydrogens (primary N) is 1. The van der Waals surface area contributed by atoms with E-state index in [0.29, 0.717) is 31.2 Å². The molecule has 1 fully saturated rings. The molecule has 1 aromatic carbocycles. The topological polar surface area (TPSA) is 132 Å². The van der Waals surface area contributed by atoms with Crippen molar-refractivity contribution >= 4 is 33.9 Å². The first-order valence-corrected chi connectivity index (χ1v) is 12.4. The minimum absolute atomic E-state index is 0.00168. The largest absolute Gasteiger partial charge is 0.423 e. The van der Waals surface area contributed by atoms with E-state index in [1.54, 1.807) is 12.3 Å². The summed E-state index contributed by atoms with van der Waals surface area (Å²) in [6.07, 6.45) is 1.51. The van der Waals surface area contributed by atoms with E-state index in [0.717, 1.165) is 18.7 Å². The van der Waals surface area contributed by atoms with Gasteiger partial charge >= 0.3 is 6.18 Å². The van der Waals surface area contributed by atoms with Gasteiger partial charge in [0.15, 0.2) is 5.82 Å². The highest BCUT2D eigenvalue weighted by Gasteiger charge is 2.38. The summed E-state index contributed by atoms with van der Waals surface area (Å²) in [6.45, 7) is 0.299. The lowest BCUT2D eigenvalue weighted by Gasteiger charge is -2.31. The Morgan fingerprint density at radius 1 is 1.21 bits per heavy atom. The summed E-state index contributed by atoms with van der Waals surface area (Å²) in [6, 6.07) is 3.92. The van der Waals surface area contributed by atoms with Gasteiger partial charge in [-0.25, -0.2) is 19.5 Å². The number of nitrogen functional groups attached to an aromatic ring is 1. The zero-order valence-corrected chi connectivity index (χ0v) is 21.0. The van der Waals surface area contributed by atoms with Crippen LogP contribution in [0.25, 0.3) is 22.2 Å². The maximum atomic E-state index is 15.0. The molecule has 1 saturated carbocycles. The molecule has 3 aromatic heterocycles. The minimum Gasteiger partial charge on any atom is -0.382 e. The number of benzene rings is 1. The predicted molar refractivity (Wildman–Crippen MR) is 138 cm³/mol. The molecule has 1 aliphatic carbocycles. The number of pyridine rings is 1. The van der Waals surface area contributed by atoms with Crippen LogP contribution in [0.3, 0.4) is 0 Å². The summed E-state index contributed by atoms with van der Waals surface area (Å²) in [5.74, 6) is -0.703. The molecule has 0 bridgehead atoms. The average Bonchev–Trinajstić information content (AvgIpc) is 2.87. The molecule has 9 nitrogen and oxygen atoms in total. The number of aromatic amines is 1. The number of nitrogens with zero attached hydrogens (tertiary/aromatic N) is 4. The van der Waals surface area contributed by atoms with Crippen molar-refractivity contribution < 1.29 is 17.6 Å². The molecule has 1 unspecified atom stereocenters. The molecule has 0 spiro atoms. The first-order valence-electron chi connectivity index (χ1n) is 12.0. The van der Waals surface area contributed by atoms with Gasteiger partial charge < -0.3 is 15.6 Å². The highest BCUT2D eigenvalue weighted by atomic mass is 35.5. The van der Waals surface area contributed by atoms with E-state index in [4.69, 9.17) is 17.3 Å². The van der Waals surface area contributed by atoms with E-state index >= 15 is 0 Å². The van der Waals surface area contributed by atoms with Crippen molar-refractivity contribution in [2.24, 2.45) is 5.92 Å². The summed E-state index contributed by atoms with van der Waals surface area (Å²) >= 11 is 5.85. The third kappa shape index (κ3) is 5.44. The molecule has 3 heterocycles. The molecule has 0 radical (unpaired) electrons. The van der Waals surface area contributed by atoms with Crippen molar-refractivity contribution in [2.75, 3.05) is 11.1 Å². The fraction of sp³-hybridized carbons (Fsp3) is 0.320. The van der Waals surface area contributed by atoms with Crippen molar-refractivity contribution in [3.05, 3.63) is 73.9 Å². The lowest BCUT2D eigenvalue weighted by Crippen LogP contribution is -2.33. The number of rotatable bonds is 5. The van der Waals surface area contributed by atoms with Crippen LogP contribution in [0.1, 0.15) is 31.2 Å². The van der Waals surface area contributed by atoms with Crippen molar-refractivity contribution in [3.8, 4) is 11.4 Å². The van der Waals surface area contributed by atoms with Crippen LogP contribution in [0.4, 0.5) is 29.1 Å². The molecular weight excluding hydrogens is 542 g/mol. The molecule has 14 heteroatoms. The first kappa shape index (κ1) is 26.6. The van der Waals surface area contributed by atoms with Crippen molar-refractivity contribution in [1.29, 1.82) is 0 Å². The predicted octanol–water partition coefficient (Wildman–Crippen LogP) is 4.61. The Bertz CT molecular complexity index is 1670. The molecule has 0 aliphatic heterocycles. The third-order valence-corrected chi connectivity index (χ3v) is 7.10. The summed E-state index contributed by atoms with van der Waals surface area (Å²) < 4.78 is 56.7. The quantitative estimate of drug-likeness (QED) is 0.302. The molecule has 204 valence electrons. The smallest absolute Gasteiger partial charge is 0.382 e. The second-order valence-corrected chi connectivity index (χ2v) is 9.89. The fourth-order valence-corrected chi connectivity index (χ4v) is 5.10. The third-order valence-electron chi connectivity index (χ3n) is 6.81. The van der Waals surface area contributed by atoms with Gasteiger partial charge in [-0.15, -0.1) is 0 Å². The van der Waals surface area contributed by atoms with Gasteiger partial charge in [0.25, 0.3) is 11.1 Å². The standard InChI is InChI=1S/C25H22ClF4N7O2/c26-17-9-32-22(35-21(17)31)16-7-13-4-5-37(24(39)15(13)8-18(16)27)11-12-2-1-3-14(6-12)34-19-10-33-36-23(38)20(19)25(28,29)30/h4-5,7-10,12,14H,1-3,6,11H2,(H2,31,32,35)(H2,34,36,38)/t12?,14-/m0/s1. The Morgan fingerprint density at radius 3 is 2.74 bits per heavy atom. The van der Waals surface area contributed by atoms with E-state index in [-0.39, 0.29) is 45.3 Å². The first-order chi connectivity index (χ1) is 18.5. The Balaban J connectivity index is 1.36. The molecule has 5 rings (SSSR count). The Hall–Kier alpha value is -4.00. The summed E-state index contributed by atoms with van der Waals surface area (Å²) in [4.78, 5) is 33.0. The SMILES string of the molecule is Nc1nc(-c2cc3ccn(CC4CCC[C@H](Nc5cn[nH]c(=O)c5C(F)(F)F)C4)c(=O)c3cc2F)ncc1Cl. The van der Waals surface area contributed by atoms with Gasteiger partial charge in [-0.3, -0.25) is 9.59 Å². The molecule has 0 saturated heterocycles. The van der Waals surface area contributed by atoms with Crippen LogP contribution in [-0.4, -0.2) is 30.8 Å². The number of hydrogen-bond acceptors (Lipinski definition) is 7. The van der Waals surface area contributed by atoms with Crippen molar-refractivity contribution in [3.63, 3.8) is 0 Å². The maximum absolute atomic E-state index is 15.0. The normalized spacial score (nSPS) is 17.9. The van der Waals surface area contributed by atoms with E-state index in [2.05, 4.69) is 20.4 Å². The summed E-state index contributed by atoms with van der Waals surface area (Å²) in [7, 11) is 0. The number of H-pyrrole nitrogens is 1. The number of hydrogen-bond donors (Lipinski definition) is 3. The van der Waals surface area contributed by atoms with Crippen LogP contribution in [-0.2, 0) is 12.7 Å². The number of nitrogens with one attached hydrogen (secondary N) is 2. The zero-order valence-electron chi connectivity index (χ0n) is 20.2. The van der Waals surface area contributed by atoms with Gasteiger partial charge in [-0.1, -0.05) is 18.0 Å². The van der Waals surface area contributed by atoms with E-state index in [1.165, 1.54) is 16.8 Å². The minimum atomic E-state index is -4.84. The van der Waals surface area contributed by atoms with Crippen LogP contribution in [0, 0.1) is 11.7 Å². The van der Waals surface area contributed by atoms with Crippen molar-refractivity contribution in [1.82, 2.24) is 24.7 Å². The number of halogens is 5. The van der Waals surface area contributed by atoms with Gasteiger partial charge in [-0.2, -0.15) is 18.3 Å². The molecule has 2 atom stereocenters. The zero-order chi connectivity index (χ0) is 27.9. The molecule has 4 N–H and O–H groups in total. The molecule has 0 amide bonds.